The van der Waals surface area contributed by atoms with Crippen molar-refractivity contribution in [3.05, 3.63) is 29.8 Å². The van der Waals surface area contributed by atoms with Gasteiger partial charge in [0.25, 0.3) is 0 Å². The zero-order valence-electron chi connectivity index (χ0n) is 13.3. The number of amides is 1. The van der Waals surface area contributed by atoms with Crippen molar-refractivity contribution in [2.24, 2.45) is 0 Å². The van der Waals surface area contributed by atoms with Gasteiger partial charge in [0.15, 0.2) is 0 Å². The molecule has 0 aromatic heterocycles. The summed E-state index contributed by atoms with van der Waals surface area (Å²) in [6, 6.07) is 7.35. The van der Waals surface area contributed by atoms with Gasteiger partial charge in [0.05, 0.1) is 25.0 Å². The molecule has 1 heterocycles. The van der Waals surface area contributed by atoms with Gasteiger partial charge in [0, 0.05) is 13.2 Å². The molecule has 1 aromatic rings. The molecule has 0 spiro atoms. The van der Waals surface area contributed by atoms with E-state index in [2.05, 4.69) is 5.32 Å². The Hall–Kier alpha value is -2.08. The number of ether oxygens (including phenoxy) is 2. The highest BCUT2D eigenvalue weighted by atomic mass is 16.5. The van der Waals surface area contributed by atoms with Gasteiger partial charge in [0.1, 0.15) is 5.75 Å². The van der Waals surface area contributed by atoms with Crippen LogP contribution in [-0.2, 0) is 20.7 Å². The van der Waals surface area contributed by atoms with Gasteiger partial charge in [-0.1, -0.05) is 12.1 Å². The summed E-state index contributed by atoms with van der Waals surface area (Å²) in [5, 5.41) is 12.0. The summed E-state index contributed by atoms with van der Waals surface area (Å²) in [7, 11) is 0. The molecule has 0 bridgehead atoms. The maximum atomic E-state index is 12.3. The van der Waals surface area contributed by atoms with Crippen LogP contribution in [0, 0.1) is 0 Å². The summed E-state index contributed by atoms with van der Waals surface area (Å²) in [4.78, 5) is 23.4. The summed E-state index contributed by atoms with van der Waals surface area (Å²) < 4.78 is 10.7. The number of hydrogen-bond acceptors (Lipinski definition) is 4. The molecule has 23 heavy (non-hydrogen) atoms. The van der Waals surface area contributed by atoms with Crippen LogP contribution in [0.3, 0.4) is 0 Å². The number of aliphatic carboxylic acids is 1. The topological polar surface area (TPSA) is 84.9 Å². The van der Waals surface area contributed by atoms with Crippen LogP contribution in [0.4, 0.5) is 0 Å². The van der Waals surface area contributed by atoms with E-state index in [4.69, 9.17) is 14.6 Å². The van der Waals surface area contributed by atoms with Crippen molar-refractivity contribution in [2.45, 2.75) is 38.1 Å². The van der Waals surface area contributed by atoms with Crippen molar-refractivity contribution in [3.8, 4) is 5.75 Å². The fourth-order valence-corrected chi connectivity index (χ4v) is 2.79. The molecule has 1 aliphatic heterocycles. The van der Waals surface area contributed by atoms with Crippen LogP contribution >= 0.6 is 0 Å². The van der Waals surface area contributed by atoms with Gasteiger partial charge in [-0.2, -0.15) is 0 Å². The Balaban J connectivity index is 1.97. The number of carboxylic acid groups (broad SMARTS) is 1. The third-order valence-electron chi connectivity index (χ3n) is 3.94. The fourth-order valence-electron chi connectivity index (χ4n) is 2.79. The standard InChI is InChI=1S/C17H23NO5/c1-2-23-14-5-3-13(4-6-14)11-15(19)18-17(12-16(20)21)7-9-22-10-8-17/h3-6H,2,7-12H2,1H3,(H,18,19)(H,20,21). The lowest BCUT2D eigenvalue weighted by atomic mass is 9.86. The second-order valence-electron chi connectivity index (χ2n) is 5.77. The van der Waals surface area contributed by atoms with Crippen LogP contribution in [0.2, 0.25) is 0 Å². The smallest absolute Gasteiger partial charge is 0.305 e. The highest BCUT2D eigenvalue weighted by Crippen LogP contribution is 2.25. The molecule has 0 atom stereocenters. The number of carboxylic acids is 1. The number of carbonyl (C=O) groups is 2. The average Bonchev–Trinajstić information content (AvgIpc) is 2.49. The Morgan fingerprint density at radius 3 is 2.48 bits per heavy atom. The Bertz CT molecular complexity index is 534. The molecule has 0 radical (unpaired) electrons. The molecular weight excluding hydrogens is 298 g/mol. The Labute approximate surface area is 135 Å². The molecule has 1 aliphatic rings. The van der Waals surface area contributed by atoms with Crippen molar-refractivity contribution in [2.75, 3.05) is 19.8 Å². The van der Waals surface area contributed by atoms with E-state index in [0.717, 1.165) is 11.3 Å². The third kappa shape index (κ3) is 5.25. The largest absolute Gasteiger partial charge is 0.494 e. The first-order chi connectivity index (χ1) is 11.0. The van der Waals surface area contributed by atoms with E-state index < -0.39 is 11.5 Å². The van der Waals surface area contributed by atoms with Crippen LogP contribution in [0.25, 0.3) is 0 Å². The predicted molar refractivity (Wildman–Crippen MR) is 84.5 cm³/mol. The first-order valence-electron chi connectivity index (χ1n) is 7.85. The molecule has 126 valence electrons. The lowest BCUT2D eigenvalue weighted by Crippen LogP contribution is -2.53. The van der Waals surface area contributed by atoms with Gasteiger partial charge in [-0.05, 0) is 37.5 Å². The molecule has 2 rings (SSSR count). The number of hydrogen-bond donors (Lipinski definition) is 2. The van der Waals surface area contributed by atoms with E-state index in [1.807, 2.05) is 31.2 Å². The summed E-state index contributed by atoms with van der Waals surface area (Å²) in [6.07, 6.45) is 1.18. The van der Waals surface area contributed by atoms with Gasteiger partial charge in [-0.3, -0.25) is 9.59 Å². The van der Waals surface area contributed by atoms with Gasteiger partial charge >= 0.3 is 5.97 Å². The van der Waals surface area contributed by atoms with Gasteiger partial charge in [-0.15, -0.1) is 0 Å². The minimum atomic E-state index is -0.909. The maximum Gasteiger partial charge on any atom is 0.305 e. The zero-order chi connectivity index (χ0) is 16.7. The SMILES string of the molecule is CCOc1ccc(CC(=O)NC2(CC(=O)O)CCOCC2)cc1. The van der Waals surface area contributed by atoms with E-state index in [-0.39, 0.29) is 18.7 Å². The number of benzene rings is 1. The lowest BCUT2D eigenvalue weighted by Gasteiger charge is -2.36. The molecule has 0 aliphatic carbocycles. The molecule has 1 aromatic carbocycles. The van der Waals surface area contributed by atoms with Crippen LogP contribution < -0.4 is 10.1 Å². The second-order valence-corrected chi connectivity index (χ2v) is 5.77. The minimum Gasteiger partial charge on any atom is -0.494 e. The highest BCUT2D eigenvalue weighted by Gasteiger charge is 2.36. The van der Waals surface area contributed by atoms with E-state index in [9.17, 15) is 9.59 Å². The molecule has 1 fully saturated rings. The Morgan fingerprint density at radius 1 is 1.26 bits per heavy atom. The molecule has 2 N–H and O–H groups in total. The van der Waals surface area contributed by atoms with Crippen molar-refractivity contribution in [3.63, 3.8) is 0 Å². The molecule has 1 amide bonds. The van der Waals surface area contributed by atoms with Gasteiger partial charge < -0.3 is 19.9 Å². The van der Waals surface area contributed by atoms with Crippen molar-refractivity contribution >= 4 is 11.9 Å². The average molecular weight is 321 g/mol. The predicted octanol–water partition coefficient (Wildman–Crippen LogP) is 1.77. The second kappa shape index (κ2) is 7.97. The van der Waals surface area contributed by atoms with E-state index in [0.29, 0.717) is 32.7 Å². The minimum absolute atomic E-state index is 0.0780. The molecule has 6 nitrogen and oxygen atoms in total. The van der Waals surface area contributed by atoms with Crippen LogP contribution in [0.1, 0.15) is 31.7 Å². The normalized spacial score (nSPS) is 16.6. The Kier molecular flexibility index (Phi) is 5.98. The van der Waals surface area contributed by atoms with Gasteiger partial charge in [0.2, 0.25) is 5.91 Å². The molecule has 0 unspecified atom stereocenters. The van der Waals surface area contributed by atoms with Crippen LogP contribution in [0.15, 0.2) is 24.3 Å². The molecule has 1 saturated heterocycles. The zero-order valence-corrected chi connectivity index (χ0v) is 13.3. The van der Waals surface area contributed by atoms with E-state index in [1.165, 1.54) is 0 Å². The monoisotopic (exact) mass is 321 g/mol. The van der Waals surface area contributed by atoms with Crippen molar-refractivity contribution < 1.29 is 24.2 Å². The maximum absolute atomic E-state index is 12.3. The van der Waals surface area contributed by atoms with Gasteiger partial charge in [-0.25, -0.2) is 0 Å². The van der Waals surface area contributed by atoms with E-state index >= 15 is 0 Å². The lowest BCUT2D eigenvalue weighted by molar-refractivity contribution is -0.140. The molecule has 0 saturated carbocycles. The summed E-state index contributed by atoms with van der Waals surface area (Å²) in [5.41, 5.74) is 0.162. The first kappa shape index (κ1) is 17.3. The summed E-state index contributed by atoms with van der Waals surface area (Å²) in [6.45, 7) is 3.45. The fraction of sp³-hybridized carbons (Fsp3) is 0.529. The Morgan fingerprint density at radius 2 is 1.91 bits per heavy atom. The molecular formula is C17H23NO5. The number of rotatable bonds is 7. The highest BCUT2D eigenvalue weighted by molar-refractivity contribution is 5.80. The van der Waals surface area contributed by atoms with Crippen LogP contribution in [-0.4, -0.2) is 42.3 Å². The van der Waals surface area contributed by atoms with Crippen LogP contribution in [0.5, 0.6) is 5.75 Å². The third-order valence-corrected chi connectivity index (χ3v) is 3.94. The quantitative estimate of drug-likeness (QED) is 0.799. The molecule has 6 heteroatoms. The van der Waals surface area contributed by atoms with Crippen molar-refractivity contribution in [1.82, 2.24) is 5.32 Å². The van der Waals surface area contributed by atoms with Crippen molar-refractivity contribution in [1.29, 1.82) is 0 Å². The summed E-state index contributed by atoms with van der Waals surface area (Å²) in [5.74, 6) is -0.311. The van der Waals surface area contributed by atoms with E-state index in [1.54, 1.807) is 0 Å². The first-order valence-corrected chi connectivity index (χ1v) is 7.85. The summed E-state index contributed by atoms with van der Waals surface area (Å²) >= 11 is 0. The number of nitrogens with one attached hydrogen (secondary N) is 1. The number of carbonyl (C=O) groups excluding carboxylic acids is 1.